The van der Waals surface area contributed by atoms with Crippen LogP contribution in [0.4, 0.5) is 18.9 Å². The van der Waals surface area contributed by atoms with Crippen LogP contribution in [0.2, 0.25) is 0 Å². The smallest absolute Gasteiger partial charge is 0.370 e. The number of nitrogens with two attached hydrogens (primary N) is 1. The number of halogens is 4. The lowest BCUT2D eigenvalue weighted by Crippen LogP contribution is -2.25. The quantitative estimate of drug-likeness (QED) is 0.334. The molecule has 0 bridgehead atoms. The van der Waals surface area contributed by atoms with Crippen LogP contribution >= 0.6 is 24.0 Å². The summed E-state index contributed by atoms with van der Waals surface area (Å²) in [5.74, 6) is 0.0970. The molecule has 22 heavy (non-hydrogen) atoms. The number of nitrogens with one attached hydrogen (secondary N) is 1. The number of hydrogen-bond donors (Lipinski definition) is 2. The average Bonchev–Trinajstić information content (AvgIpc) is 2.43. The first-order chi connectivity index (χ1) is 9.96. The molecule has 8 heteroatoms. The second kappa shape index (κ2) is 8.56. The Bertz CT molecular complexity index is 521. The number of benzene rings is 1. The van der Waals surface area contributed by atoms with Gasteiger partial charge < -0.3 is 11.1 Å². The van der Waals surface area contributed by atoms with Crippen LogP contribution in [0.1, 0.15) is 24.0 Å². The highest BCUT2D eigenvalue weighted by atomic mass is 127. The highest BCUT2D eigenvalue weighted by Crippen LogP contribution is 2.27. The fourth-order valence-electron chi connectivity index (χ4n) is 2.40. The van der Waals surface area contributed by atoms with E-state index in [0.717, 1.165) is 24.9 Å². The molecule has 0 unspecified atom stereocenters. The van der Waals surface area contributed by atoms with Gasteiger partial charge in [0.15, 0.2) is 5.96 Å². The van der Waals surface area contributed by atoms with Gasteiger partial charge in [-0.2, -0.15) is 0 Å². The largest absolute Gasteiger partial charge is 0.522 e. The van der Waals surface area contributed by atoms with Crippen LogP contribution in [-0.4, -0.2) is 25.5 Å². The number of anilines is 1. The van der Waals surface area contributed by atoms with Crippen molar-refractivity contribution in [2.75, 3.05) is 18.5 Å². The second-order valence-electron chi connectivity index (χ2n) is 4.84. The van der Waals surface area contributed by atoms with E-state index in [4.69, 9.17) is 5.73 Å². The number of guanidine groups is 1. The lowest BCUT2D eigenvalue weighted by atomic mass is 9.90. The summed E-state index contributed by atoms with van der Waals surface area (Å²) in [7, 11) is 0. The zero-order chi connectivity index (χ0) is 15.3. The van der Waals surface area contributed by atoms with Crippen LogP contribution in [0.15, 0.2) is 23.2 Å². The molecule has 0 heterocycles. The molecule has 4 nitrogen and oxygen atoms in total. The zero-order valence-electron chi connectivity index (χ0n) is 11.9. The molecule has 0 aliphatic heterocycles. The Labute approximate surface area is 144 Å². The number of alkyl halides is 3. The third kappa shape index (κ3) is 5.99. The number of ether oxygens (including phenoxy) is 1. The lowest BCUT2D eigenvalue weighted by Gasteiger charge is -2.19. The van der Waals surface area contributed by atoms with E-state index in [-0.39, 0.29) is 36.5 Å². The van der Waals surface area contributed by atoms with E-state index < -0.39 is 13.0 Å². The van der Waals surface area contributed by atoms with Gasteiger partial charge in [-0.25, -0.2) is 0 Å². The van der Waals surface area contributed by atoms with Crippen LogP contribution in [-0.2, 0) is 17.6 Å². The van der Waals surface area contributed by atoms with Gasteiger partial charge in [0, 0.05) is 5.69 Å². The van der Waals surface area contributed by atoms with Crippen molar-refractivity contribution in [3.05, 3.63) is 29.3 Å². The molecule has 0 saturated carbocycles. The number of fused-ring (bicyclic) bond motifs is 1. The summed E-state index contributed by atoms with van der Waals surface area (Å²) in [6, 6.07) is 5.93. The van der Waals surface area contributed by atoms with Crippen molar-refractivity contribution in [2.45, 2.75) is 32.0 Å². The minimum Gasteiger partial charge on any atom is -0.370 e. The normalized spacial score (nSPS) is 15.0. The van der Waals surface area contributed by atoms with Crippen LogP contribution in [0.25, 0.3) is 0 Å². The fourth-order valence-corrected chi connectivity index (χ4v) is 2.40. The predicted molar refractivity (Wildman–Crippen MR) is 90.6 cm³/mol. The molecular weight excluding hydrogens is 410 g/mol. The van der Waals surface area contributed by atoms with Crippen molar-refractivity contribution in [3.63, 3.8) is 0 Å². The van der Waals surface area contributed by atoms with E-state index >= 15 is 0 Å². The minimum absolute atomic E-state index is 0. The van der Waals surface area contributed by atoms with E-state index in [0.29, 0.717) is 0 Å². The SMILES string of the molecule is I.NC(=NCCOC(F)(F)F)Nc1cccc2c1CCCC2. The number of aryl methyl sites for hydroxylation is 1. The van der Waals surface area contributed by atoms with Gasteiger partial charge in [0.05, 0.1) is 13.2 Å². The first kappa shape index (κ1) is 19.0. The Kier molecular flexibility index (Phi) is 7.40. The number of hydrogen-bond acceptors (Lipinski definition) is 2. The van der Waals surface area contributed by atoms with Gasteiger partial charge in [0.2, 0.25) is 0 Å². The summed E-state index contributed by atoms with van der Waals surface area (Å²) in [6.07, 6.45) is -0.308. The van der Waals surface area contributed by atoms with Crippen molar-refractivity contribution < 1.29 is 17.9 Å². The summed E-state index contributed by atoms with van der Waals surface area (Å²) in [5, 5.41) is 2.96. The standard InChI is InChI=1S/C14H18F3N3O.HI/c15-14(16,17)21-9-8-19-13(18)20-12-7-3-5-10-4-1-2-6-11(10)12;/h3,5,7H,1-2,4,6,8-9H2,(H3,18,19,20);1H. The predicted octanol–water partition coefficient (Wildman–Crippen LogP) is 3.45. The summed E-state index contributed by atoms with van der Waals surface area (Å²) in [5.41, 5.74) is 9.08. The molecule has 0 fully saturated rings. The maximum atomic E-state index is 11.8. The molecule has 1 aliphatic carbocycles. The van der Waals surface area contributed by atoms with Crippen LogP contribution < -0.4 is 11.1 Å². The van der Waals surface area contributed by atoms with Crippen LogP contribution in [0.3, 0.4) is 0 Å². The number of nitrogens with zero attached hydrogens (tertiary/aromatic N) is 1. The topological polar surface area (TPSA) is 59.6 Å². The molecule has 2 rings (SSSR count). The zero-order valence-corrected chi connectivity index (χ0v) is 14.3. The summed E-state index contributed by atoms with van der Waals surface area (Å²) < 4.78 is 39.0. The van der Waals surface area contributed by atoms with E-state index in [9.17, 15) is 13.2 Å². The Morgan fingerprint density at radius 2 is 2.00 bits per heavy atom. The summed E-state index contributed by atoms with van der Waals surface area (Å²) in [6.45, 7) is -0.688. The molecule has 124 valence electrons. The highest BCUT2D eigenvalue weighted by molar-refractivity contribution is 14.0. The Hall–Kier alpha value is -1.03. The first-order valence-corrected chi connectivity index (χ1v) is 6.84. The van der Waals surface area contributed by atoms with Crippen molar-refractivity contribution in [1.29, 1.82) is 0 Å². The molecule has 0 saturated heterocycles. The van der Waals surface area contributed by atoms with Crippen molar-refractivity contribution in [2.24, 2.45) is 10.7 Å². The Morgan fingerprint density at radius 3 is 2.73 bits per heavy atom. The van der Waals surface area contributed by atoms with Gasteiger partial charge in [-0.15, -0.1) is 37.1 Å². The van der Waals surface area contributed by atoms with Gasteiger partial charge in [-0.05, 0) is 42.9 Å². The van der Waals surface area contributed by atoms with Gasteiger partial charge in [-0.3, -0.25) is 9.73 Å². The van der Waals surface area contributed by atoms with Gasteiger partial charge >= 0.3 is 6.36 Å². The monoisotopic (exact) mass is 429 g/mol. The maximum absolute atomic E-state index is 11.8. The molecule has 0 atom stereocenters. The molecule has 0 radical (unpaired) electrons. The molecule has 0 spiro atoms. The van der Waals surface area contributed by atoms with E-state index in [1.54, 1.807) is 0 Å². The second-order valence-corrected chi connectivity index (χ2v) is 4.84. The van der Waals surface area contributed by atoms with Crippen LogP contribution in [0.5, 0.6) is 0 Å². The van der Waals surface area contributed by atoms with Gasteiger partial charge in [0.1, 0.15) is 0 Å². The molecule has 1 aromatic carbocycles. The average molecular weight is 429 g/mol. The van der Waals surface area contributed by atoms with Crippen molar-refractivity contribution >= 4 is 35.6 Å². The third-order valence-corrected chi connectivity index (χ3v) is 3.30. The molecule has 0 aromatic heterocycles. The molecule has 1 aliphatic rings. The van der Waals surface area contributed by atoms with Crippen LogP contribution in [0, 0.1) is 0 Å². The fraction of sp³-hybridized carbons (Fsp3) is 0.500. The Balaban J connectivity index is 0.00000242. The van der Waals surface area contributed by atoms with E-state index in [2.05, 4.69) is 21.1 Å². The molecule has 0 amide bonds. The summed E-state index contributed by atoms with van der Waals surface area (Å²) in [4.78, 5) is 3.83. The van der Waals surface area contributed by atoms with Crippen molar-refractivity contribution in [3.8, 4) is 0 Å². The Morgan fingerprint density at radius 1 is 1.27 bits per heavy atom. The van der Waals surface area contributed by atoms with Crippen molar-refractivity contribution in [1.82, 2.24) is 0 Å². The summed E-state index contributed by atoms with van der Waals surface area (Å²) >= 11 is 0. The molecular formula is C14H19F3IN3O. The van der Waals surface area contributed by atoms with E-state index in [1.165, 1.54) is 17.5 Å². The third-order valence-electron chi connectivity index (χ3n) is 3.30. The van der Waals surface area contributed by atoms with Gasteiger partial charge in [-0.1, -0.05) is 12.1 Å². The van der Waals surface area contributed by atoms with Gasteiger partial charge in [0.25, 0.3) is 0 Å². The first-order valence-electron chi connectivity index (χ1n) is 6.84. The highest BCUT2D eigenvalue weighted by Gasteiger charge is 2.28. The molecule has 1 aromatic rings. The lowest BCUT2D eigenvalue weighted by molar-refractivity contribution is -0.323. The van der Waals surface area contributed by atoms with E-state index in [1.807, 2.05) is 12.1 Å². The molecule has 3 N–H and O–H groups in total. The number of aliphatic imine (C=N–C) groups is 1. The maximum Gasteiger partial charge on any atom is 0.522 e. The minimum atomic E-state index is -4.63. The number of rotatable bonds is 4.